The van der Waals surface area contributed by atoms with Crippen LogP contribution in [-0.2, 0) is 0 Å². The number of hydrogen-bond acceptors (Lipinski definition) is 4. The number of rotatable bonds is 0. The van der Waals surface area contributed by atoms with E-state index >= 15 is 0 Å². The standard InChI is InChI=1S/C14H20N4/c1-11-13-5-3-6-14(18-13)12(2)17-10-9-15-7-4-8-16-11/h3,5-6,15H,4,7-10H2,1-2H3. The van der Waals surface area contributed by atoms with E-state index in [0.29, 0.717) is 0 Å². The van der Waals surface area contributed by atoms with Gasteiger partial charge in [-0.2, -0.15) is 0 Å². The molecule has 0 amide bonds. The summed E-state index contributed by atoms with van der Waals surface area (Å²) in [6, 6.07) is 6.03. The maximum Gasteiger partial charge on any atom is 0.0845 e. The Kier molecular flexibility index (Phi) is 4.59. The quantitative estimate of drug-likeness (QED) is 0.755. The van der Waals surface area contributed by atoms with Gasteiger partial charge in [-0.15, -0.1) is 0 Å². The molecule has 0 radical (unpaired) electrons. The van der Waals surface area contributed by atoms with Crippen LogP contribution in [-0.4, -0.2) is 42.6 Å². The molecule has 2 rings (SSSR count). The molecular weight excluding hydrogens is 224 g/mol. The molecule has 0 atom stereocenters. The number of aromatic nitrogens is 1. The van der Waals surface area contributed by atoms with Crippen molar-refractivity contribution in [3.63, 3.8) is 0 Å². The van der Waals surface area contributed by atoms with Gasteiger partial charge in [0.05, 0.1) is 29.4 Å². The second-order valence-electron chi connectivity index (χ2n) is 4.45. The molecule has 0 unspecified atom stereocenters. The molecule has 0 aromatic carbocycles. The van der Waals surface area contributed by atoms with Gasteiger partial charge < -0.3 is 5.32 Å². The Morgan fingerprint density at radius 3 is 2.33 bits per heavy atom. The van der Waals surface area contributed by atoms with E-state index in [1.165, 1.54) is 0 Å². The van der Waals surface area contributed by atoms with E-state index in [9.17, 15) is 0 Å². The third kappa shape index (κ3) is 3.47. The summed E-state index contributed by atoms with van der Waals surface area (Å²) < 4.78 is 0. The van der Waals surface area contributed by atoms with Gasteiger partial charge in [0.25, 0.3) is 0 Å². The van der Waals surface area contributed by atoms with Gasteiger partial charge in [0.1, 0.15) is 0 Å². The van der Waals surface area contributed by atoms with Gasteiger partial charge >= 0.3 is 0 Å². The van der Waals surface area contributed by atoms with Crippen LogP contribution in [0.4, 0.5) is 0 Å². The zero-order valence-electron chi connectivity index (χ0n) is 11.1. The normalized spacial score (nSPS) is 17.9. The summed E-state index contributed by atoms with van der Waals surface area (Å²) in [5, 5.41) is 3.37. The van der Waals surface area contributed by atoms with Crippen LogP contribution in [0.5, 0.6) is 0 Å². The van der Waals surface area contributed by atoms with Crippen molar-refractivity contribution in [1.29, 1.82) is 0 Å². The van der Waals surface area contributed by atoms with E-state index in [-0.39, 0.29) is 0 Å². The van der Waals surface area contributed by atoms with E-state index in [1.807, 2.05) is 32.0 Å². The highest BCUT2D eigenvalue weighted by Gasteiger charge is 2.04. The molecule has 1 aliphatic rings. The molecule has 1 aromatic rings. The van der Waals surface area contributed by atoms with Crippen LogP contribution >= 0.6 is 0 Å². The Hall–Kier alpha value is -1.55. The van der Waals surface area contributed by atoms with Crippen LogP contribution in [0.1, 0.15) is 31.7 Å². The van der Waals surface area contributed by atoms with Gasteiger partial charge in [-0.3, -0.25) is 9.98 Å². The zero-order chi connectivity index (χ0) is 12.8. The fourth-order valence-corrected chi connectivity index (χ4v) is 1.88. The topological polar surface area (TPSA) is 49.6 Å². The van der Waals surface area contributed by atoms with Gasteiger partial charge in [0, 0.05) is 13.1 Å². The molecule has 4 heteroatoms. The number of aliphatic imine (C=N–C) groups is 2. The van der Waals surface area contributed by atoms with Gasteiger partial charge in [0.2, 0.25) is 0 Å². The van der Waals surface area contributed by atoms with Crippen molar-refractivity contribution in [3.8, 4) is 0 Å². The predicted octanol–water partition coefficient (Wildman–Crippen LogP) is 1.69. The molecule has 1 N–H and O–H groups in total. The van der Waals surface area contributed by atoms with Crippen LogP contribution < -0.4 is 5.32 Å². The summed E-state index contributed by atoms with van der Waals surface area (Å²) in [4.78, 5) is 13.7. The summed E-state index contributed by atoms with van der Waals surface area (Å²) in [7, 11) is 0. The lowest BCUT2D eigenvalue weighted by Crippen LogP contribution is -2.20. The molecule has 0 fully saturated rings. The number of hydrogen-bond donors (Lipinski definition) is 1. The SMILES string of the molecule is CC1=NCCCNCCN=C(C)c2cccc1n2. The Labute approximate surface area is 108 Å². The highest BCUT2D eigenvalue weighted by molar-refractivity contribution is 6.00. The van der Waals surface area contributed by atoms with Crippen molar-refractivity contribution in [3.05, 3.63) is 29.6 Å². The van der Waals surface area contributed by atoms with Gasteiger partial charge in [-0.05, 0) is 38.9 Å². The minimum absolute atomic E-state index is 0.803. The average Bonchev–Trinajstić information content (AvgIpc) is 2.41. The smallest absolute Gasteiger partial charge is 0.0845 e. The lowest BCUT2D eigenvalue weighted by atomic mass is 10.2. The van der Waals surface area contributed by atoms with E-state index in [2.05, 4.69) is 20.3 Å². The second kappa shape index (κ2) is 6.40. The molecule has 18 heavy (non-hydrogen) atoms. The van der Waals surface area contributed by atoms with Crippen LogP contribution in [0.25, 0.3) is 0 Å². The summed E-state index contributed by atoms with van der Waals surface area (Å²) in [6.07, 6.45) is 1.06. The number of fused-ring (bicyclic) bond motifs is 2. The predicted molar refractivity (Wildman–Crippen MR) is 75.9 cm³/mol. The summed E-state index contributed by atoms with van der Waals surface area (Å²) in [5.41, 5.74) is 3.89. The van der Waals surface area contributed by atoms with Crippen molar-refractivity contribution >= 4 is 11.4 Å². The number of pyridine rings is 1. The Balaban J connectivity index is 2.31. The third-order valence-corrected chi connectivity index (χ3v) is 2.99. The molecule has 2 heterocycles. The molecule has 0 saturated carbocycles. The minimum atomic E-state index is 0.803. The Bertz CT molecular complexity index is 423. The van der Waals surface area contributed by atoms with Crippen LogP contribution in [0.3, 0.4) is 0 Å². The lowest BCUT2D eigenvalue weighted by Gasteiger charge is -2.04. The monoisotopic (exact) mass is 244 g/mol. The van der Waals surface area contributed by atoms with Gasteiger partial charge in [-0.1, -0.05) is 6.07 Å². The fraction of sp³-hybridized carbons (Fsp3) is 0.500. The lowest BCUT2D eigenvalue weighted by molar-refractivity contribution is 0.660. The number of nitrogens with zero attached hydrogens (tertiary/aromatic N) is 3. The summed E-state index contributed by atoms with van der Waals surface area (Å²) >= 11 is 0. The van der Waals surface area contributed by atoms with Crippen LogP contribution in [0, 0.1) is 0 Å². The van der Waals surface area contributed by atoms with Gasteiger partial charge in [-0.25, -0.2) is 4.98 Å². The first-order chi connectivity index (χ1) is 8.77. The Morgan fingerprint density at radius 1 is 0.944 bits per heavy atom. The summed E-state index contributed by atoms with van der Waals surface area (Å²) in [5.74, 6) is 0. The van der Waals surface area contributed by atoms with Gasteiger partial charge in [0.15, 0.2) is 0 Å². The van der Waals surface area contributed by atoms with E-state index in [4.69, 9.17) is 0 Å². The fourth-order valence-electron chi connectivity index (χ4n) is 1.88. The van der Waals surface area contributed by atoms with Crippen molar-refractivity contribution in [2.75, 3.05) is 26.2 Å². The first-order valence-electron chi connectivity index (χ1n) is 6.48. The van der Waals surface area contributed by atoms with Crippen molar-refractivity contribution in [2.45, 2.75) is 20.3 Å². The molecular formula is C14H20N4. The van der Waals surface area contributed by atoms with Crippen LogP contribution in [0.15, 0.2) is 28.2 Å². The highest BCUT2D eigenvalue weighted by Crippen LogP contribution is 2.04. The Morgan fingerprint density at radius 2 is 1.61 bits per heavy atom. The van der Waals surface area contributed by atoms with Crippen molar-refractivity contribution in [2.24, 2.45) is 9.98 Å². The number of nitrogens with one attached hydrogen (secondary N) is 1. The molecule has 0 saturated heterocycles. The third-order valence-electron chi connectivity index (χ3n) is 2.99. The van der Waals surface area contributed by atoms with Crippen molar-refractivity contribution < 1.29 is 0 Å². The largest absolute Gasteiger partial charge is 0.315 e. The molecule has 1 aromatic heterocycles. The van der Waals surface area contributed by atoms with Crippen LogP contribution in [0.2, 0.25) is 0 Å². The minimum Gasteiger partial charge on any atom is -0.315 e. The van der Waals surface area contributed by atoms with E-state index in [1.54, 1.807) is 0 Å². The molecule has 1 aliphatic heterocycles. The second-order valence-corrected chi connectivity index (χ2v) is 4.45. The highest BCUT2D eigenvalue weighted by atomic mass is 14.9. The van der Waals surface area contributed by atoms with E-state index in [0.717, 1.165) is 55.4 Å². The average molecular weight is 244 g/mol. The molecule has 4 nitrogen and oxygen atoms in total. The zero-order valence-corrected chi connectivity index (χ0v) is 11.1. The first kappa shape index (κ1) is 12.9. The molecule has 96 valence electrons. The first-order valence-corrected chi connectivity index (χ1v) is 6.48. The molecule has 0 spiro atoms. The maximum absolute atomic E-state index is 4.62. The molecule has 2 bridgehead atoms. The molecule has 0 aliphatic carbocycles. The summed E-state index contributed by atoms with van der Waals surface area (Å²) in [6.45, 7) is 7.60. The van der Waals surface area contributed by atoms with E-state index < -0.39 is 0 Å². The maximum atomic E-state index is 4.62. The van der Waals surface area contributed by atoms with Crippen molar-refractivity contribution in [1.82, 2.24) is 10.3 Å².